The van der Waals surface area contributed by atoms with Crippen molar-refractivity contribution in [1.29, 1.82) is 0 Å². The summed E-state index contributed by atoms with van der Waals surface area (Å²) in [6.07, 6.45) is 4.02. The Morgan fingerprint density at radius 1 is 1.18 bits per heavy atom. The minimum Gasteiger partial charge on any atom is -0.373 e. The van der Waals surface area contributed by atoms with E-state index in [0.717, 1.165) is 37.9 Å². The van der Waals surface area contributed by atoms with Crippen LogP contribution in [0.1, 0.15) is 38.2 Å². The zero-order chi connectivity index (χ0) is 19.3. The van der Waals surface area contributed by atoms with Crippen LogP contribution in [0.4, 0.5) is 0 Å². The molecule has 2 heterocycles. The fraction of sp³-hybridized carbons (Fsp3) is 0.632. The summed E-state index contributed by atoms with van der Waals surface area (Å²) in [7, 11) is -1.62. The first kappa shape index (κ1) is 23.4. The Labute approximate surface area is 185 Å². The van der Waals surface area contributed by atoms with Crippen molar-refractivity contribution in [2.75, 3.05) is 33.3 Å². The molecule has 2 fully saturated rings. The molecule has 28 heavy (non-hydrogen) atoms. The molecular weight excluding hydrogens is 491 g/mol. The van der Waals surface area contributed by atoms with Gasteiger partial charge in [-0.05, 0) is 50.3 Å². The number of halogens is 1. The van der Waals surface area contributed by atoms with Gasteiger partial charge in [0.1, 0.15) is 0 Å². The highest BCUT2D eigenvalue weighted by Crippen LogP contribution is 2.24. The standard InChI is InChI=1S/C19H30N4O3S.HI/c1-19(10-5-13-26-19)15-22-18(20-2)21-14-16-6-8-17(9-7-16)27(24,25)23-11-3-4-12-23;/h6-9H,3-5,10-15H2,1-2H3,(H2,20,21,22);1H. The minimum absolute atomic E-state index is 0. The largest absolute Gasteiger partial charge is 0.373 e. The maximum atomic E-state index is 12.6. The average Bonchev–Trinajstić information content (AvgIpc) is 3.35. The SMILES string of the molecule is CN=C(NCc1ccc(S(=O)(=O)N2CCCC2)cc1)NCC1(C)CCCO1.I. The number of benzene rings is 1. The lowest BCUT2D eigenvalue weighted by molar-refractivity contribution is 0.0243. The van der Waals surface area contributed by atoms with E-state index in [1.165, 1.54) is 0 Å². The maximum absolute atomic E-state index is 12.6. The van der Waals surface area contributed by atoms with Crippen LogP contribution in [0.5, 0.6) is 0 Å². The Kier molecular flexibility index (Phi) is 8.53. The molecule has 3 rings (SSSR count). The maximum Gasteiger partial charge on any atom is 0.243 e. The van der Waals surface area contributed by atoms with E-state index >= 15 is 0 Å². The van der Waals surface area contributed by atoms with Crippen molar-refractivity contribution in [3.63, 3.8) is 0 Å². The smallest absolute Gasteiger partial charge is 0.243 e. The zero-order valence-electron chi connectivity index (χ0n) is 16.6. The van der Waals surface area contributed by atoms with Gasteiger partial charge in [0.25, 0.3) is 0 Å². The van der Waals surface area contributed by atoms with Crippen LogP contribution in [0.3, 0.4) is 0 Å². The van der Waals surface area contributed by atoms with Gasteiger partial charge in [0, 0.05) is 39.8 Å². The average molecular weight is 522 g/mol. The number of ether oxygens (including phenoxy) is 1. The van der Waals surface area contributed by atoms with Gasteiger partial charge in [0.2, 0.25) is 10.0 Å². The first-order valence-corrected chi connectivity index (χ1v) is 11.0. The first-order chi connectivity index (χ1) is 12.9. The van der Waals surface area contributed by atoms with Crippen LogP contribution in [0.25, 0.3) is 0 Å². The molecule has 0 bridgehead atoms. The molecule has 1 aromatic carbocycles. The van der Waals surface area contributed by atoms with Gasteiger partial charge in [0.05, 0.1) is 10.5 Å². The summed E-state index contributed by atoms with van der Waals surface area (Å²) in [6, 6.07) is 7.08. The van der Waals surface area contributed by atoms with Crippen LogP contribution in [-0.2, 0) is 21.3 Å². The van der Waals surface area contributed by atoms with Gasteiger partial charge < -0.3 is 15.4 Å². The van der Waals surface area contributed by atoms with Crippen LogP contribution in [-0.4, -0.2) is 57.6 Å². The topological polar surface area (TPSA) is 83.0 Å². The predicted octanol–water partition coefficient (Wildman–Crippen LogP) is 2.32. The van der Waals surface area contributed by atoms with Crippen molar-refractivity contribution in [1.82, 2.24) is 14.9 Å². The summed E-state index contributed by atoms with van der Waals surface area (Å²) in [6.45, 7) is 5.45. The molecule has 2 N–H and O–H groups in total. The van der Waals surface area contributed by atoms with Crippen LogP contribution in [0, 0.1) is 0 Å². The van der Waals surface area contributed by atoms with Crippen LogP contribution in [0.15, 0.2) is 34.2 Å². The number of sulfonamides is 1. The highest BCUT2D eigenvalue weighted by molar-refractivity contribution is 14.0. The summed E-state index contributed by atoms with van der Waals surface area (Å²) in [5.41, 5.74) is 0.866. The van der Waals surface area contributed by atoms with Crippen molar-refractivity contribution in [3.8, 4) is 0 Å². The van der Waals surface area contributed by atoms with E-state index in [9.17, 15) is 8.42 Å². The van der Waals surface area contributed by atoms with Gasteiger partial charge in [0.15, 0.2) is 5.96 Å². The summed E-state index contributed by atoms with van der Waals surface area (Å²) < 4.78 is 32.5. The third-order valence-corrected chi connectivity index (χ3v) is 7.15. The van der Waals surface area contributed by atoms with E-state index in [0.29, 0.717) is 37.0 Å². The summed E-state index contributed by atoms with van der Waals surface area (Å²) in [5, 5.41) is 6.57. The molecule has 2 saturated heterocycles. The van der Waals surface area contributed by atoms with E-state index in [-0.39, 0.29) is 29.6 Å². The molecule has 9 heteroatoms. The molecule has 0 aromatic heterocycles. The number of hydrogen-bond donors (Lipinski definition) is 2. The molecule has 1 unspecified atom stereocenters. The number of guanidine groups is 1. The lowest BCUT2D eigenvalue weighted by Crippen LogP contribution is -2.45. The number of rotatable bonds is 6. The van der Waals surface area contributed by atoms with Crippen molar-refractivity contribution < 1.29 is 13.2 Å². The fourth-order valence-corrected chi connectivity index (χ4v) is 5.03. The summed E-state index contributed by atoms with van der Waals surface area (Å²) in [4.78, 5) is 4.60. The molecule has 1 atom stereocenters. The van der Waals surface area contributed by atoms with E-state index in [1.54, 1.807) is 23.5 Å². The highest BCUT2D eigenvalue weighted by atomic mass is 127. The third kappa shape index (κ3) is 5.80. The monoisotopic (exact) mass is 522 g/mol. The first-order valence-electron chi connectivity index (χ1n) is 9.61. The highest BCUT2D eigenvalue weighted by Gasteiger charge is 2.30. The molecule has 2 aliphatic rings. The van der Waals surface area contributed by atoms with Gasteiger partial charge in [-0.3, -0.25) is 4.99 Å². The van der Waals surface area contributed by atoms with Crippen LogP contribution < -0.4 is 10.6 Å². The lowest BCUT2D eigenvalue weighted by Gasteiger charge is -2.24. The molecule has 1 aromatic rings. The Morgan fingerprint density at radius 3 is 2.43 bits per heavy atom. The van der Waals surface area contributed by atoms with E-state index in [2.05, 4.69) is 22.5 Å². The number of nitrogens with one attached hydrogen (secondary N) is 2. The fourth-order valence-electron chi connectivity index (χ4n) is 3.51. The van der Waals surface area contributed by atoms with E-state index < -0.39 is 10.0 Å². The van der Waals surface area contributed by atoms with Gasteiger partial charge in [-0.1, -0.05) is 12.1 Å². The quantitative estimate of drug-likeness (QED) is 0.341. The molecule has 2 aliphatic heterocycles. The second-order valence-corrected chi connectivity index (χ2v) is 9.37. The zero-order valence-corrected chi connectivity index (χ0v) is 19.8. The van der Waals surface area contributed by atoms with Gasteiger partial charge in [-0.2, -0.15) is 4.31 Å². The van der Waals surface area contributed by atoms with Crippen LogP contribution in [0.2, 0.25) is 0 Å². The molecule has 0 radical (unpaired) electrons. The predicted molar refractivity (Wildman–Crippen MR) is 122 cm³/mol. The van der Waals surface area contributed by atoms with Crippen molar-refractivity contribution in [3.05, 3.63) is 29.8 Å². The van der Waals surface area contributed by atoms with Gasteiger partial charge in [-0.15, -0.1) is 24.0 Å². The Hall–Kier alpha value is -0.910. The normalized spacial score (nSPS) is 23.4. The molecule has 0 saturated carbocycles. The van der Waals surface area contributed by atoms with Crippen molar-refractivity contribution >= 4 is 40.0 Å². The Morgan fingerprint density at radius 2 is 1.86 bits per heavy atom. The number of hydrogen-bond acceptors (Lipinski definition) is 4. The van der Waals surface area contributed by atoms with E-state index in [4.69, 9.17) is 4.74 Å². The van der Waals surface area contributed by atoms with Gasteiger partial charge in [-0.25, -0.2) is 8.42 Å². The van der Waals surface area contributed by atoms with Crippen molar-refractivity contribution in [2.45, 2.75) is 49.6 Å². The van der Waals surface area contributed by atoms with Crippen molar-refractivity contribution in [2.24, 2.45) is 4.99 Å². The Balaban J connectivity index is 0.00000280. The second kappa shape index (κ2) is 10.2. The third-order valence-electron chi connectivity index (χ3n) is 5.24. The second-order valence-electron chi connectivity index (χ2n) is 7.44. The Bertz CT molecular complexity index is 756. The molecular formula is C19H31IN4O3S. The minimum atomic E-state index is -3.35. The summed E-state index contributed by atoms with van der Waals surface area (Å²) in [5.74, 6) is 0.709. The molecule has 7 nitrogen and oxygen atoms in total. The van der Waals surface area contributed by atoms with Gasteiger partial charge >= 0.3 is 0 Å². The summed E-state index contributed by atoms with van der Waals surface area (Å²) >= 11 is 0. The van der Waals surface area contributed by atoms with Crippen LogP contribution >= 0.6 is 24.0 Å². The number of aliphatic imine (C=N–C) groups is 1. The van der Waals surface area contributed by atoms with E-state index in [1.807, 2.05) is 12.1 Å². The molecule has 0 amide bonds. The lowest BCUT2D eigenvalue weighted by atomic mass is 10.0. The molecule has 158 valence electrons. The molecule has 0 spiro atoms. The molecule has 0 aliphatic carbocycles. The number of nitrogens with zero attached hydrogens (tertiary/aromatic N) is 2.